The van der Waals surface area contributed by atoms with E-state index in [9.17, 15) is 0 Å². The molecule has 3 N–H and O–H groups in total. The first-order valence-electron chi connectivity index (χ1n) is 6.92. The van der Waals surface area contributed by atoms with Crippen LogP contribution in [0.1, 0.15) is 39.2 Å². The number of nitrogens with one attached hydrogen (secondary N) is 1. The minimum atomic E-state index is 0.480. The van der Waals surface area contributed by atoms with Crippen molar-refractivity contribution in [3.63, 3.8) is 0 Å². The number of rotatable bonds is 8. The smallest absolute Gasteiger partial charge is 0.142 e. The van der Waals surface area contributed by atoms with Gasteiger partial charge in [0.15, 0.2) is 0 Å². The van der Waals surface area contributed by atoms with Crippen molar-refractivity contribution >= 4 is 5.69 Å². The first-order chi connectivity index (χ1) is 8.67. The van der Waals surface area contributed by atoms with Gasteiger partial charge in [0.25, 0.3) is 0 Å². The third-order valence-electron chi connectivity index (χ3n) is 2.94. The summed E-state index contributed by atoms with van der Waals surface area (Å²) in [7, 11) is 0. The molecule has 0 aromatic heterocycles. The summed E-state index contributed by atoms with van der Waals surface area (Å²) in [6.45, 7) is 8.12. The highest BCUT2D eigenvalue weighted by molar-refractivity contribution is 5.54. The van der Waals surface area contributed by atoms with Crippen LogP contribution in [0.3, 0.4) is 0 Å². The predicted molar refractivity (Wildman–Crippen MR) is 78.1 cm³/mol. The van der Waals surface area contributed by atoms with Crippen LogP contribution in [0, 0.1) is 0 Å². The maximum Gasteiger partial charge on any atom is 0.142 e. The summed E-state index contributed by atoms with van der Waals surface area (Å²) in [5.41, 5.74) is 7.95. The molecule has 0 aliphatic carbocycles. The molecule has 1 aromatic carbocycles. The summed E-state index contributed by atoms with van der Waals surface area (Å²) < 4.78 is 5.44. The van der Waals surface area contributed by atoms with Crippen molar-refractivity contribution in [3.8, 4) is 5.75 Å². The maximum atomic E-state index is 5.96. The van der Waals surface area contributed by atoms with Crippen LogP contribution in [0.4, 0.5) is 5.69 Å². The minimum absolute atomic E-state index is 0.480. The molecule has 1 unspecified atom stereocenters. The van der Waals surface area contributed by atoms with Gasteiger partial charge in [0.1, 0.15) is 5.75 Å². The summed E-state index contributed by atoms with van der Waals surface area (Å²) in [6.07, 6.45) is 3.46. The van der Waals surface area contributed by atoms with E-state index in [0.29, 0.717) is 12.6 Å². The van der Waals surface area contributed by atoms with Gasteiger partial charge in [-0.3, -0.25) is 0 Å². The molecule has 0 spiro atoms. The SMILES string of the molecule is CCCCNC(C)Cc1ccc(OCC)c(N)c1. The fourth-order valence-corrected chi connectivity index (χ4v) is 1.96. The molecule has 0 fully saturated rings. The largest absolute Gasteiger partial charge is 0.492 e. The van der Waals surface area contributed by atoms with Gasteiger partial charge in [-0.05, 0) is 50.9 Å². The number of benzene rings is 1. The number of ether oxygens (including phenoxy) is 1. The molecule has 0 aliphatic rings. The zero-order valence-corrected chi connectivity index (χ0v) is 11.8. The molecule has 0 bridgehead atoms. The molecule has 0 radical (unpaired) electrons. The molecule has 1 aromatic rings. The number of nitrogen functional groups attached to an aromatic ring is 1. The molecule has 1 atom stereocenters. The average molecular weight is 250 g/mol. The van der Waals surface area contributed by atoms with Gasteiger partial charge in [0.2, 0.25) is 0 Å². The van der Waals surface area contributed by atoms with Gasteiger partial charge in [0, 0.05) is 6.04 Å². The zero-order valence-electron chi connectivity index (χ0n) is 11.8. The molecule has 0 amide bonds. The van der Waals surface area contributed by atoms with Crippen LogP contribution in [0.25, 0.3) is 0 Å². The number of hydrogen-bond donors (Lipinski definition) is 2. The molecule has 3 heteroatoms. The van der Waals surface area contributed by atoms with Crippen molar-refractivity contribution < 1.29 is 4.74 Å². The van der Waals surface area contributed by atoms with Gasteiger partial charge >= 0.3 is 0 Å². The third kappa shape index (κ3) is 4.96. The summed E-state index contributed by atoms with van der Waals surface area (Å²) in [5.74, 6) is 0.785. The number of nitrogens with two attached hydrogens (primary N) is 1. The molecule has 0 saturated heterocycles. The molecule has 0 heterocycles. The predicted octanol–water partition coefficient (Wildman–Crippen LogP) is 2.99. The fraction of sp³-hybridized carbons (Fsp3) is 0.600. The van der Waals surface area contributed by atoms with E-state index in [0.717, 1.165) is 24.4 Å². The van der Waals surface area contributed by atoms with E-state index in [4.69, 9.17) is 10.5 Å². The quantitative estimate of drug-likeness (QED) is 0.551. The second kappa shape index (κ2) is 7.98. The fourth-order valence-electron chi connectivity index (χ4n) is 1.96. The second-order valence-electron chi connectivity index (χ2n) is 4.72. The average Bonchev–Trinajstić information content (AvgIpc) is 2.33. The lowest BCUT2D eigenvalue weighted by Gasteiger charge is -2.15. The Kier molecular flexibility index (Phi) is 6.58. The minimum Gasteiger partial charge on any atom is -0.492 e. The van der Waals surface area contributed by atoms with Crippen LogP contribution in [0.15, 0.2) is 18.2 Å². The van der Waals surface area contributed by atoms with Crippen molar-refractivity contribution in [1.82, 2.24) is 5.32 Å². The van der Waals surface area contributed by atoms with E-state index in [-0.39, 0.29) is 0 Å². The van der Waals surface area contributed by atoms with E-state index in [1.807, 2.05) is 19.1 Å². The summed E-state index contributed by atoms with van der Waals surface area (Å²) in [4.78, 5) is 0. The van der Waals surface area contributed by atoms with Gasteiger partial charge in [-0.15, -0.1) is 0 Å². The van der Waals surface area contributed by atoms with Crippen LogP contribution in [0.2, 0.25) is 0 Å². The van der Waals surface area contributed by atoms with Crippen molar-refractivity contribution in [2.45, 2.75) is 46.1 Å². The lowest BCUT2D eigenvalue weighted by Crippen LogP contribution is -2.28. The van der Waals surface area contributed by atoms with Gasteiger partial charge in [0.05, 0.1) is 12.3 Å². The topological polar surface area (TPSA) is 47.3 Å². The Labute approximate surface area is 111 Å². The first-order valence-corrected chi connectivity index (χ1v) is 6.92. The van der Waals surface area contributed by atoms with E-state index in [2.05, 4.69) is 25.2 Å². The monoisotopic (exact) mass is 250 g/mol. The molecule has 0 saturated carbocycles. The van der Waals surface area contributed by atoms with Crippen LogP contribution in [0.5, 0.6) is 5.75 Å². The molecule has 3 nitrogen and oxygen atoms in total. The molecule has 1 rings (SSSR count). The van der Waals surface area contributed by atoms with Crippen LogP contribution >= 0.6 is 0 Å². The van der Waals surface area contributed by atoms with Crippen LogP contribution in [-0.4, -0.2) is 19.2 Å². The van der Waals surface area contributed by atoms with Crippen molar-refractivity contribution in [2.24, 2.45) is 0 Å². The molecule has 18 heavy (non-hydrogen) atoms. The number of anilines is 1. The first kappa shape index (κ1) is 14.8. The molecule has 102 valence electrons. The lowest BCUT2D eigenvalue weighted by atomic mass is 10.1. The van der Waals surface area contributed by atoms with Crippen LogP contribution in [-0.2, 0) is 6.42 Å². The summed E-state index contributed by atoms with van der Waals surface area (Å²) in [6, 6.07) is 6.56. The van der Waals surface area contributed by atoms with Crippen molar-refractivity contribution in [3.05, 3.63) is 23.8 Å². The molecular weight excluding hydrogens is 224 g/mol. The lowest BCUT2D eigenvalue weighted by molar-refractivity contribution is 0.342. The Hall–Kier alpha value is -1.22. The van der Waals surface area contributed by atoms with Gasteiger partial charge in [-0.1, -0.05) is 19.4 Å². The zero-order chi connectivity index (χ0) is 13.4. The van der Waals surface area contributed by atoms with E-state index in [1.54, 1.807) is 0 Å². The van der Waals surface area contributed by atoms with Gasteiger partial charge in [-0.2, -0.15) is 0 Å². The maximum absolute atomic E-state index is 5.96. The Morgan fingerprint density at radius 3 is 2.72 bits per heavy atom. The highest BCUT2D eigenvalue weighted by Gasteiger charge is 2.05. The highest BCUT2D eigenvalue weighted by atomic mass is 16.5. The van der Waals surface area contributed by atoms with Gasteiger partial charge < -0.3 is 15.8 Å². The normalized spacial score (nSPS) is 12.4. The standard InChI is InChI=1S/C15H26N2O/c1-4-6-9-17-12(3)10-13-7-8-15(18-5-2)14(16)11-13/h7-8,11-12,17H,4-6,9-10,16H2,1-3H3. The van der Waals surface area contributed by atoms with Crippen molar-refractivity contribution in [2.75, 3.05) is 18.9 Å². The Balaban J connectivity index is 2.49. The summed E-state index contributed by atoms with van der Waals surface area (Å²) in [5, 5.41) is 3.52. The third-order valence-corrected chi connectivity index (χ3v) is 2.94. The van der Waals surface area contributed by atoms with E-state index >= 15 is 0 Å². The van der Waals surface area contributed by atoms with Gasteiger partial charge in [-0.25, -0.2) is 0 Å². The number of hydrogen-bond acceptors (Lipinski definition) is 3. The molecular formula is C15H26N2O. The van der Waals surface area contributed by atoms with E-state index < -0.39 is 0 Å². The Morgan fingerprint density at radius 2 is 2.11 bits per heavy atom. The Bertz CT molecular complexity index is 352. The molecule has 0 aliphatic heterocycles. The highest BCUT2D eigenvalue weighted by Crippen LogP contribution is 2.23. The van der Waals surface area contributed by atoms with E-state index in [1.165, 1.54) is 18.4 Å². The number of unbranched alkanes of at least 4 members (excludes halogenated alkanes) is 1. The second-order valence-corrected chi connectivity index (χ2v) is 4.72. The summed E-state index contributed by atoms with van der Waals surface area (Å²) >= 11 is 0. The van der Waals surface area contributed by atoms with Crippen molar-refractivity contribution in [1.29, 1.82) is 0 Å². The van der Waals surface area contributed by atoms with Crippen LogP contribution < -0.4 is 15.8 Å². The Morgan fingerprint density at radius 1 is 1.33 bits per heavy atom.